The lowest BCUT2D eigenvalue weighted by Gasteiger charge is -2.05. The van der Waals surface area contributed by atoms with Crippen LogP contribution in [-0.4, -0.2) is 12.5 Å². The molecule has 3 nitrogen and oxygen atoms in total. The van der Waals surface area contributed by atoms with Crippen molar-refractivity contribution >= 4 is 5.91 Å². The molecule has 0 saturated carbocycles. The summed E-state index contributed by atoms with van der Waals surface area (Å²) in [6.07, 6.45) is -4.40. The van der Waals surface area contributed by atoms with E-state index in [9.17, 15) is 18.0 Å². The van der Waals surface area contributed by atoms with Gasteiger partial charge in [-0.3, -0.25) is 4.79 Å². The van der Waals surface area contributed by atoms with Crippen LogP contribution in [0.1, 0.15) is 27.4 Å². The third-order valence-electron chi connectivity index (χ3n) is 2.72. The van der Waals surface area contributed by atoms with E-state index >= 15 is 0 Å². The van der Waals surface area contributed by atoms with Gasteiger partial charge in [0.05, 0.1) is 12.1 Å². The molecule has 22 heavy (non-hydrogen) atoms. The van der Waals surface area contributed by atoms with E-state index < -0.39 is 17.6 Å². The smallest absolute Gasteiger partial charge is 0.416 e. The molecule has 0 bridgehead atoms. The van der Waals surface area contributed by atoms with E-state index in [4.69, 9.17) is 4.42 Å². The number of amides is 1. The van der Waals surface area contributed by atoms with E-state index in [-0.39, 0.29) is 17.9 Å². The first-order chi connectivity index (χ1) is 10.4. The number of aryl methyl sites for hydroxylation is 1. The molecule has 0 aliphatic carbocycles. The van der Waals surface area contributed by atoms with Gasteiger partial charge in [0.1, 0.15) is 5.76 Å². The number of nitrogens with one attached hydrogen (secondary N) is 1. The highest BCUT2D eigenvalue weighted by molar-refractivity contribution is 5.91. The van der Waals surface area contributed by atoms with E-state index in [0.717, 1.165) is 12.1 Å². The number of benzene rings is 1. The molecule has 0 unspecified atom stereocenters. The zero-order valence-corrected chi connectivity index (χ0v) is 11.6. The Morgan fingerprint density at radius 3 is 2.68 bits per heavy atom. The van der Waals surface area contributed by atoms with Crippen molar-refractivity contribution in [1.82, 2.24) is 5.32 Å². The molecule has 0 atom stereocenters. The average Bonchev–Trinajstić information content (AvgIpc) is 2.89. The highest BCUT2D eigenvalue weighted by Gasteiger charge is 2.30. The fraction of sp³-hybridized carbons (Fsp3) is 0.188. The summed E-state index contributed by atoms with van der Waals surface area (Å²) in [6, 6.07) is 7.89. The minimum absolute atomic E-state index is 0.00876. The summed E-state index contributed by atoms with van der Waals surface area (Å²) in [7, 11) is 0. The molecule has 1 N–H and O–H groups in total. The van der Waals surface area contributed by atoms with Gasteiger partial charge in [-0.15, -0.1) is 0 Å². The Kier molecular flexibility index (Phi) is 4.56. The summed E-state index contributed by atoms with van der Waals surface area (Å²) in [5, 5.41) is 2.50. The normalized spacial score (nSPS) is 10.7. The topological polar surface area (TPSA) is 42.2 Å². The van der Waals surface area contributed by atoms with Crippen LogP contribution < -0.4 is 5.32 Å². The third-order valence-corrected chi connectivity index (χ3v) is 2.72. The zero-order chi connectivity index (χ0) is 16.2. The summed E-state index contributed by atoms with van der Waals surface area (Å²) in [5.41, 5.74) is -0.521. The number of hydrogen-bond donors (Lipinski definition) is 1. The van der Waals surface area contributed by atoms with Crippen LogP contribution in [0.15, 0.2) is 40.8 Å². The standard InChI is InChI=1S/C16H12F3NO2/c1-11-7-8-14(22-11)15(21)20-9-3-5-12-4-2-6-13(10-12)16(17,18)19/h2,4,6-8,10H,9H2,1H3,(H,20,21). The molecule has 2 aromatic rings. The number of halogens is 3. The minimum atomic E-state index is -4.40. The van der Waals surface area contributed by atoms with Gasteiger partial charge in [0.15, 0.2) is 5.76 Å². The second kappa shape index (κ2) is 6.39. The van der Waals surface area contributed by atoms with E-state index in [1.807, 2.05) is 0 Å². The van der Waals surface area contributed by atoms with Gasteiger partial charge in [-0.05, 0) is 37.3 Å². The Balaban J connectivity index is 1.96. The van der Waals surface area contributed by atoms with Gasteiger partial charge >= 0.3 is 6.18 Å². The van der Waals surface area contributed by atoms with Gasteiger partial charge in [0.2, 0.25) is 0 Å². The Morgan fingerprint density at radius 2 is 2.05 bits per heavy atom. The van der Waals surface area contributed by atoms with Crippen LogP contribution in [0.3, 0.4) is 0 Å². The fourth-order valence-electron chi connectivity index (χ4n) is 1.69. The van der Waals surface area contributed by atoms with Crippen molar-refractivity contribution in [3.05, 3.63) is 59.0 Å². The van der Waals surface area contributed by atoms with Crippen LogP contribution in [0.5, 0.6) is 0 Å². The first-order valence-corrected chi connectivity index (χ1v) is 6.37. The molecule has 0 saturated heterocycles. The first-order valence-electron chi connectivity index (χ1n) is 6.37. The molecule has 6 heteroatoms. The highest BCUT2D eigenvalue weighted by atomic mass is 19.4. The van der Waals surface area contributed by atoms with Gasteiger partial charge < -0.3 is 9.73 Å². The van der Waals surface area contributed by atoms with Crippen molar-refractivity contribution in [3.63, 3.8) is 0 Å². The lowest BCUT2D eigenvalue weighted by Crippen LogP contribution is -2.23. The molecule has 1 amide bonds. The molecular weight excluding hydrogens is 295 g/mol. The highest BCUT2D eigenvalue weighted by Crippen LogP contribution is 2.29. The van der Waals surface area contributed by atoms with Gasteiger partial charge in [-0.25, -0.2) is 0 Å². The molecule has 114 valence electrons. The van der Waals surface area contributed by atoms with Crippen LogP contribution in [-0.2, 0) is 6.18 Å². The lowest BCUT2D eigenvalue weighted by molar-refractivity contribution is -0.137. The summed E-state index contributed by atoms with van der Waals surface area (Å²) < 4.78 is 42.7. The van der Waals surface area contributed by atoms with Crippen LogP contribution in [0.25, 0.3) is 0 Å². The number of carbonyl (C=O) groups is 1. The Bertz CT molecular complexity index is 736. The summed E-state index contributed by atoms with van der Waals surface area (Å²) in [6.45, 7) is 1.72. The number of rotatable bonds is 2. The molecule has 2 rings (SSSR count). The van der Waals surface area contributed by atoms with Crippen LogP contribution in [0.2, 0.25) is 0 Å². The third kappa shape index (κ3) is 4.16. The number of hydrogen-bond acceptors (Lipinski definition) is 2. The van der Waals surface area contributed by atoms with Crippen molar-refractivity contribution in [3.8, 4) is 11.8 Å². The Labute approximate surface area is 125 Å². The molecule has 0 fully saturated rings. The van der Waals surface area contributed by atoms with E-state index in [1.54, 1.807) is 13.0 Å². The van der Waals surface area contributed by atoms with Crippen molar-refractivity contribution < 1.29 is 22.4 Å². The summed E-state index contributed by atoms with van der Waals surface area (Å²) >= 11 is 0. The van der Waals surface area contributed by atoms with Crippen LogP contribution in [0.4, 0.5) is 13.2 Å². The molecule has 0 radical (unpaired) electrons. The van der Waals surface area contributed by atoms with Crippen LogP contribution >= 0.6 is 0 Å². The Hall–Kier alpha value is -2.68. The number of alkyl halides is 3. The van der Waals surface area contributed by atoms with Crippen LogP contribution in [0, 0.1) is 18.8 Å². The molecule has 1 aromatic heterocycles. The quantitative estimate of drug-likeness (QED) is 0.864. The van der Waals surface area contributed by atoms with Crippen molar-refractivity contribution in [1.29, 1.82) is 0 Å². The Morgan fingerprint density at radius 1 is 1.27 bits per heavy atom. The van der Waals surface area contributed by atoms with Gasteiger partial charge in [-0.2, -0.15) is 13.2 Å². The molecule has 1 aromatic carbocycles. The molecule has 0 aliphatic heterocycles. The first kappa shape index (κ1) is 15.7. The van der Waals surface area contributed by atoms with E-state index in [1.165, 1.54) is 18.2 Å². The van der Waals surface area contributed by atoms with Crippen molar-refractivity contribution in [2.24, 2.45) is 0 Å². The monoisotopic (exact) mass is 307 g/mol. The zero-order valence-electron chi connectivity index (χ0n) is 11.6. The average molecular weight is 307 g/mol. The molecule has 0 spiro atoms. The minimum Gasteiger partial charge on any atom is -0.456 e. The van der Waals surface area contributed by atoms with Gasteiger partial charge in [-0.1, -0.05) is 17.9 Å². The molecular formula is C16H12F3NO2. The van der Waals surface area contributed by atoms with Gasteiger partial charge in [0, 0.05) is 5.56 Å². The predicted octanol–water partition coefficient (Wildman–Crippen LogP) is 3.39. The summed E-state index contributed by atoms with van der Waals surface area (Å²) in [4.78, 5) is 11.6. The maximum Gasteiger partial charge on any atom is 0.416 e. The van der Waals surface area contributed by atoms with Gasteiger partial charge in [0.25, 0.3) is 5.91 Å². The summed E-state index contributed by atoms with van der Waals surface area (Å²) in [5.74, 6) is 5.52. The second-order valence-corrected chi connectivity index (χ2v) is 4.47. The predicted molar refractivity (Wildman–Crippen MR) is 74.1 cm³/mol. The lowest BCUT2D eigenvalue weighted by atomic mass is 10.1. The molecule has 1 heterocycles. The number of carbonyl (C=O) groups excluding carboxylic acids is 1. The fourth-order valence-corrected chi connectivity index (χ4v) is 1.69. The van der Waals surface area contributed by atoms with Crippen molar-refractivity contribution in [2.75, 3.05) is 6.54 Å². The second-order valence-electron chi connectivity index (χ2n) is 4.47. The largest absolute Gasteiger partial charge is 0.456 e. The SMILES string of the molecule is Cc1ccc(C(=O)NCC#Cc2cccc(C(F)(F)F)c2)o1. The number of furan rings is 1. The van der Waals surface area contributed by atoms with Crippen molar-refractivity contribution in [2.45, 2.75) is 13.1 Å². The maximum absolute atomic E-state index is 12.5. The molecule has 0 aliphatic rings. The maximum atomic E-state index is 12.5. The van der Waals surface area contributed by atoms with E-state index in [0.29, 0.717) is 5.76 Å². The van der Waals surface area contributed by atoms with E-state index in [2.05, 4.69) is 17.2 Å².